The van der Waals surface area contributed by atoms with Crippen LogP contribution in [0.1, 0.15) is 65.5 Å². The van der Waals surface area contributed by atoms with Crippen LogP contribution in [-0.2, 0) is 57.1 Å². The third kappa shape index (κ3) is 16.4. The van der Waals surface area contributed by atoms with E-state index in [2.05, 4.69) is 25.5 Å². The van der Waals surface area contributed by atoms with E-state index >= 15 is 0 Å². The summed E-state index contributed by atoms with van der Waals surface area (Å²) in [5.74, 6) is -3.80. The molecule has 1 fully saturated rings. The number of morpholine rings is 1. The number of ketones is 1. The first kappa shape index (κ1) is 47.3. The van der Waals surface area contributed by atoms with Gasteiger partial charge in [-0.25, -0.2) is 0 Å². The van der Waals surface area contributed by atoms with Crippen LogP contribution in [0.3, 0.4) is 0 Å². The van der Waals surface area contributed by atoms with Crippen LogP contribution in [0, 0.1) is 17.8 Å². The Morgan fingerprint density at radius 1 is 0.807 bits per heavy atom. The van der Waals surface area contributed by atoms with Crippen LogP contribution in [0.25, 0.3) is 0 Å². The lowest BCUT2D eigenvalue weighted by atomic mass is 9.82. The van der Waals surface area contributed by atoms with Crippen LogP contribution in [-0.4, -0.2) is 117 Å². The Kier molecular flexibility index (Phi) is 19.4. The van der Waals surface area contributed by atoms with Crippen molar-refractivity contribution in [3.8, 4) is 0 Å². The van der Waals surface area contributed by atoms with Gasteiger partial charge in [0.1, 0.15) is 30.3 Å². The molecule has 7 unspecified atom stereocenters. The number of rotatable bonds is 23. The molecule has 15 nitrogen and oxygen atoms in total. The smallest absolute Gasteiger partial charge is 0.302 e. The molecule has 0 spiro atoms. The molecule has 7 atom stereocenters. The highest BCUT2D eigenvalue weighted by Gasteiger charge is 2.42. The molecule has 1 aliphatic heterocycles. The number of hydrogen-bond acceptors (Lipinski definition) is 10. The minimum absolute atomic E-state index is 0.0258. The highest BCUT2D eigenvalue weighted by Crippen LogP contribution is 2.21. The molecule has 1 aliphatic rings. The summed E-state index contributed by atoms with van der Waals surface area (Å²) < 4.78 is 30.3. The third-order valence-corrected chi connectivity index (χ3v) is 10.4. The van der Waals surface area contributed by atoms with Crippen LogP contribution in [0.2, 0.25) is 0 Å². The average Bonchev–Trinajstić information content (AvgIpc) is 3.17. The van der Waals surface area contributed by atoms with E-state index in [9.17, 15) is 33.3 Å². The first-order valence-corrected chi connectivity index (χ1v) is 20.6. The number of aliphatic hydroxyl groups is 1. The van der Waals surface area contributed by atoms with Gasteiger partial charge in [-0.3, -0.25) is 37.6 Å². The topological polar surface area (TPSA) is 213 Å². The molecule has 16 heteroatoms. The Morgan fingerprint density at radius 2 is 1.35 bits per heavy atom. The quantitative estimate of drug-likeness (QED) is 0.0893. The van der Waals surface area contributed by atoms with Crippen molar-refractivity contribution in [2.75, 3.05) is 39.5 Å². The first-order valence-electron chi connectivity index (χ1n) is 19.6. The maximum Gasteiger partial charge on any atom is 0.302 e. The zero-order valence-electron chi connectivity index (χ0n) is 33.9. The van der Waals surface area contributed by atoms with E-state index in [1.807, 2.05) is 69.0 Å². The summed E-state index contributed by atoms with van der Waals surface area (Å²) in [4.78, 5) is 71.3. The minimum atomic E-state index is -2.74. The van der Waals surface area contributed by atoms with Crippen LogP contribution < -0.4 is 21.3 Å². The molecule has 4 amide bonds. The van der Waals surface area contributed by atoms with Crippen molar-refractivity contribution in [1.29, 1.82) is 0 Å². The van der Waals surface area contributed by atoms with E-state index in [4.69, 9.17) is 9.29 Å². The lowest BCUT2D eigenvalue weighted by Gasteiger charge is -2.33. The molecule has 0 bridgehead atoms. The van der Waals surface area contributed by atoms with Gasteiger partial charge in [0.15, 0.2) is 5.78 Å². The average molecular weight is 816 g/mol. The molecule has 1 saturated heterocycles. The molecule has 3 rings (SSSR count). The van der Waals surface area contributed by atoms with Gasteiger partial charge in [0, 0.05) is 19.5 Å². The van der Waals surface area contributed by atoms with Gasteiger partial charge in [0.25, 0.3) is 0 Å². The minimum Gasteiger partial charge on any atom is -0.380 e. The Balaban J connectivity index is 1.87. The Bertz CT molecular complexity index is 1620. The van der Waals surface area contributed by atoms with E-state index in [0.29, 0.717) is 38.3 Å². The lowest BCUT2D eigenvalue weighted by molar-refractivity contribution is -0.145. The maximum atomic E-state index is 14.2. The highest BCUT2D eigenvalue weighted by atomic mass is 32.2. The predicted molar refractivity (Wildman–Crippen MR) is 216 cm³/mol. The number of carbonyl (C=O) groups excluding carboxylic acids is 5. The molecule has 0 aliphatic carbocycles. The number of benzene rings is 2. The number of carbonyl (C=O) groups is 5. The number of amides is 4. The monoisotopic (exact) mass is 815 g/mol. The fourth-order valence-electron chi connectivity index (χ4n) is 6.38. The van der Waals surface area contributed by atoms with E-state index < -0.39 is 77.2 Å². The van der Waals surface area contributed by atoms with Crippen molar-refractivity contribution in [2.45, 2.75) is 97.0 Å². The van der Waals surface area contributed by atoms with Gasteiger partial charge in [-0.05, 0) is 55.1 Å². The molecule has 57 heavy (non-hydrogen) atoms. The van der Waals surface area contributed by atoms with Crippen molar-refractivity contribution in [1.82, 2.24) is 26.2 Å². The summed E-state index contributed by atoms with van der Waals surface area (Å²) >= 11 is -2.74. The van der Waals surface area contributed by atoms with E-state index in [-0.39, 0.29) is 43.6 Å². The second-order valence-corrected chi connectivity index (χ2v) is 16.4. The van der Waals surface area contributed by atoms with Crippen LogP contribution in [0.5, 0.6) is 0 Å². The Labute approximate surface area is 338 Å². The van der Waals surface area contributed by atoms with Crippen LogP contribution >= 0.6 is 0 Å². The molecular formula is C41H61N5O10S. The standard InChI is InChI=1S/C41H61N5O10S/c1-27(2)23-33(43-38(49)32(18-17-30-13-9-7-10-14-30)42-35(47)25-46-19-21-55-22-20-46)39(50)44-34(24-31-15-11-8-12-16-31)40(51)45-36(29(5)28(3)4)37(48)41(6,52)26-56-57(53)54/h7-16,27-29,32-34,36,52H,17-26H2,1-6H3,(H,42,47)(H,43,49)(H,44,50)(H,45,51)(H,53,54). The molecule has 1 heterocycles. The summed E-state index contributed by atoms with van der Waals surface area (Å²) in [5, 5.41) is 22.3. The van der Waals surface area contributed by atoms with E-state index in [1.54, 1.807) is 31.2 Å². The number of nitrogens with one attached hydrogen (secondary N) is 4. The van der Waals surface area contributed by atoms with E-state index in [0.717, 1.165) is 12.5 Å². The number of hydrogen-bond donors (Lipinski definition) is 6. The summed E-state index contributed by atoms with van der Waals surface area (Å²) in [6.45, 7) is 11.8. The Hall–Kier alpha value is -4.06. The van der Waals surface area contributed by atoms with Crippen molar-refractivity contribution in [3.05, 3.63) is 71.8 Å². The number of Topliss-reactive ketones (excluding diaryl/α,β-unsaturated/α-hetero) is 1. The molecule has 0 radical (unpaired) electrons. The summed E-state index contributed by atoms with van der Waals surface area (Å²) in [6, 6.07) is 13.9. The number of nitrogens with zero attached hydrogens (tertiary/aromatic N) is 1. The molecule has 316 valence electrons. The second kappa shape index (κ2) is 23.4. The van der Waals surface area contributed by atoms with Crippen molar-refractivity contribution in [2.24, 2.45) is 17.8 Å². The van der Waals surface area contributed by atoms with E-state index in [1.165, 1.54) is 0 Å². The molecule has 0 saturated carbocycles. The summed E-state index contributed by atoms with van der Waals surface area (Å²) in [6.07, 6.45) is 0.998. The fourth-order valence-corrected chi connectivity index (χ4v) is 6.71. The third-order valence-electron chi connectivity index (χ3n) is 10.1. The summed E-state index contributed by atoms with van der Waals surface area (Å²) in [7, 11) is 0. The van der Waals surface area contributed by atoms with Crippen molar-refractivity contribution in [3.63, 3.8) is 0 Å². The Morgan fingerprint density at radius 3 is 1.91 bits per heavy atom. The zero-order chi connectivity index (χ0) is 42.1. The molecule has 0 aromatic heterocycles. The van der Waals surface area contributed by atoms with Gasteiger partial charge in [0.05, 0.1) is 25.8 Å². The molecular weight excluding hydrogens is 755 g/mol. The van der Waals surface area contributed by atoms with Crippen LogP contribution in [0.15, 0.2) is 60.7 Å². The predicted octanol–water partition coefficient (Wildman–Crippen LogP) is 1.94. The van der Waals surface area contributed by atoms with Crippen LogP contribution in [0.4, 0.5) is 0 Å². The second-order valence-electron chi connectivity index (χ2n) is 15.7. The number of aryl methyl sites for hydroxylation is 1. The fraction of sp³-hybridized carbons (Fsp3) is 0.585. The normalized spacial score (nSPS) is 17.6. The molecule has 2 aromatic carbocycles. The van der Waals surface area contributed by atoms with Gasteiger partial charge in [-0.15, -0.1) is 0 Å². The molecule has 6 N–H and O–H groups in total. The molecule has 2 aromatic rings. The lowest BCUT2D eigenvalue weighted by Crippen LogP contribution is -2.61. The largest absolute Gasteiger partial charge is 0.380 e. The highest BCUT2D eigenvalue weighted by molar-refractivity contribution is 7.74. The van der Waals surface area contributed by atoms with Gasteiger partial charge in [-0.1, -0.05) is 95.3 Å². The zero-order valence-corrected chi connectivity index (χ0v) is 34.7. The van der Waals surface area contributed by atoms with Gasteiger partial charge < -0.3 is 31.1 Å². The van der Waals surface area contributed by atoms with Gasteiger partial charge in [-0.2, -0.15) is 4.21 Å². The SMILES string of the molecule is CC(C)CC(NC(=O)C(CCc1ccccc1)NC(=O)CN1CCOCC1)C(=O)NC(Cc1ccccc1)C(=O)NC(C(=O)C(C)(O)COS(=O)O)C(C)C(C)C. The van der Waals surface area contributed by atoms with Crippen molar-refractivity contribution < 1.29 is 46.8 Å². The first-order chi connectivity index (χ1) is 27.0. The van der Waals surface area contributed by atoms with Crippen molar-refractivity contribution >= 4 is 40.8 Å². The van der Waals surface area contributed by atoms with Gasteiger partial charge in [0.2, 0.25) is 23.6 Å². The summed E-state index contributed by atoms with van der Waals surface area (Å²) in [5.41, 5.74) is -0.555. The number of ether oxygens (including phenoxy) is 1. The van der Waals surface area contributed by atoms with Gasteiger partial charge >= 0.3 is 11.4 Å². The maximum absolute atomic E-state index is 14.2.